The van der Waals surface area contributed by atoms with Crippen molar-refractivity contribution < 1.29 is 0 Å². The second-order valence-corrected chi connectivity index (χ2v) is 4.75. The van der Waals surface area contributed by atoms with Gasteiger partial charge in [0.1, 0.15) is 0 Å². The summed E-state index contributed by atoms with van der Waals surface area (Å²) in [5, 5.41) is 18.0. The molecule has 0 amide bonds. The molecule has 0 aromatic rings. The fourth-order valence-electron chi connectivity index (χ4n) is 1.02. The van der Waals surface area contributed by atoms with Crippen molar-refractivity contribution in [3.05, 3.63) is 0 Å². The van der Waals surface area contributed by atoms with Crippen LogP contribution in [0.25, 0.3) is 0 Å². The fourth-order valence-corrected chi connectivity index (χ4v) is 2.22. The van der Waals surface area contributed by atoms with Crippen LogP contribution in [0, 0.1) is 28.6 Å². The molecule has 2 unspecified atom stereocenters. The molecule has 72 valence electrons. The molecule has 0 aliphatic rings. The van der Waals surface area contributed by atoms with E-state index in [9.17, 15) is 0 Å². The SMILES string of the molecule is N#CCCCC(Br)C(C#N)CCBr. The minimum Gasteiger partial charge on any atom is -0.198 e. The molecule has 0 saturated carbocycles. The predicted octanol–water partition coefficient (Wildman–Crippen LogP) is 3.37. The van der Waals surface area contributed by atoms with Crippen molar-refractivity contribution in [1.29, 1.82) is 10.5 Å². The molecule has 2 atom stereocenters. The highest BCUT2D eigenvalue weighted by molar-refractivity contribution is 9.09. The van der Waals surface area contributed by atoms with Crippen LogP contribution in [0.4, 0.5) is 0 Å². The Hall–Kier alpha value is -0.0600. The first-order chi connectivity index (χ1) is 6.26. The van der Waals surface area contributed by atoms with E-state index >= 15 is 0 Å². The lowest BCUT2D eigenvalue weighted by atomic mass is 10.0. The van der Waals surface area contributed by atoms with E-state index in [0.29, 0.717) is 6.42 Å². The molecule has 0 rings (SSSR count). The normalized spacial score (nSPS) is 14.2. The van der Waals surface area contributed by atoms with Gasteiger partial charge in [-0.15, -0.1) is 0 Å². The minimum atomic E-state index is 0.0538. The van der Waals surface area contributed by atoms with E-state index in [-0.39, 0.29) is 10.7 Å². The average Bonchev–Trinajstić information content (AvgIpc) is 2.14. The van der Waals surface area contributed by atoms with Crippen LogP contribution in [0.2, 0.25) is 0 Å². The molecule has 0 aliphatic carbocycles. The zero-order valence-corrected chi connectivity index (χ0v) is 10.5. The lowest BCUT2D eigenvalue weighted by Crippen LogP contribution is -2.13. The summed E-state index contributed by atoms with van der Waals surface area (Å²) in [4.78, 5) is 0.225. The first kappa shape index (κ1) is 12.9. The molecule has 4 heteroatoms. The molecule has 2 nitrogen and oxygen atoms in total. The molecule has 0 spiro atoms. The molecule has 0 saturated heterocycles. The summed E-state index contributed by atoms with van der Waals surface area (Å²) in [6.45, 7) is 0. The molecule has 0 bridgehead atoms. The van der Waals surface area contributed by atoms with Gasteiger partial charge in [0.15, 0.2) is 0 Å². The highest BCUT2D eigenvalue weighted by atomic mass is 79.9. The molecular weight excluding hydrogens is 296 g/mol. The van der Waals surface area contributed by atoms with Crippen molar-refractivity contribution in [3.63, 3.8) is 0 Å². The second-order valence-electron chi connectivity index (χ2n) is 2.78. The van der Waals surface area contributed by atoms with E-state index in [1.54, 1.807) is 0 Å². The van der Waals surface area contributed by atoms with Gasteiger partial charge >= 0.3 is 0 Å². The van der Waals surface area contributed by atoms with Crippen molar-refractivity contribution in [2.24, 2.45) is 5.92 Å². The number of rotatable bonds is 6. The molecule has 0 N–H and O–H groups in total. The lowest BCUT2D eigenvalue weighted by molar-refractivity contribution is 0.571. The maximum Gasteiger partial charge on any atom is 0.0667 e. The number of hydrogen-bond acceptors (Lipinski definition) is 2. The Balaban J connectivity index is 3.73. The maximum absolute atomic E-state index is 8.82. The fraction of sp³-hybridized carbons (Fsp3) is 0.778. The number of unbranched alkanes of at least 4 members (excludes halogenated alkanes) is 1. The van der Waals surface area contributed by atoms with Crippen LogP contribution in [-0.2, 0) is 0 Å². The standard InChI is InChI=1S/C9H12Br2N2/c10-5-4-8(7-13)9(11)3-1-2-6-12/h8-9H,1-5H2. The minimum absolute atomic E-state index is 0.0538. The smallest absolute Gasteiger partial charge is 0.0667 e. The summed E-state index contributed by atoms with van der Waals surface area (Å²) in [6, 6.07) is 4.37. The van der Waals surface area contributed by atoms with E-state index < -0.39 is 0 Å². The van der Waals surface area contributed by atoms with E-state index in [1.165, 1.54) is 0 Å². The van der Waals surface area contributed by atoms with E-state index in [2.05, 4.69) is 44.0 Å². The molecule has 0 aromatic carbocycles. The molecule has 0 heterocycles. The van der Waals surface area contributed by atoms with Crippen LogP contribution in [-0.4, -0.2) is 10.2 Å². The largest absolute Gasteiger partial charge is 0.198 e. The summed E-state index contributed by atoms with van der Waals surface area (Å²) < 4.78 is 0. The van der Waals surface area contributed by atoms with Crippen LogP contribution in [0.5, 0.6) is 0 Å². The third kappa shape index (κ3) is 6.07. The van der Waals surface area contributed by atoms with Crippen LogP contribution >= 0.6 is 31.9 Å². The van der Waals surface area contributed by atoms with Crippen LogP contribution in [0.1, 0.15) is 25.7 Å². The topological polar surface area (TPSA) is 47.6 Å². The summed E-state index contributed by atoms with van der Waals surface area (Å²) in [7, 11) is 0. The maximum atomic E-state index is 8.82. The van der Waals surface area contributed by atoms with Crippen LogP contribution in [0.3, 0.4) is 0 Å². The number of nitriles is 2. The Bertz CT molecular complexity index is 205. The first-order valence-electron chi connectivity index (χ1n) is 4.22. The summed E-state index contributed by atoms with van der Waals surface area (Å²) >= 11 is 6.80. The molecule has 13 heavy (non-hydrogen) atoms. The van der Waals surface area contributed by atoms with Gasteiger partial charge in [0.25, 0.3) is 0 Å². The van der Waals surface area contributed by atoms with Gasteiger partial charge < -0.3 is 0 Å². The highest BCUT2D eigenvalue weighted by Crippen LogP contribution is 2.22. The van der Waals surface area contributed by atoms with Gasteiger partial charge in [0.2, 0.25) is 0 Å². The van der Waals surface area contributed by atoms with Gasteiger partial charge in [-0.2, -0.15) is 10.5 Å². The summed E-state index contributed by atoms with van der Waals surface area (Å²) in [5.41, 5.74) is 0. The predicted molar refractivity (Wildman–Crippen MR) is 59.7 cm³/mol. The van der Waals surface area contributed by atoms with Crippen LogP contribution < -0.4 is 0 Å². The third-order valence-electron chi connectivity index (χ3n) is 1.79. The van der Waals surface area contributed by atoms with Gasteiger partial charge in [-0.25, -0.2) is 0 Å². The van der Waals surface area contributed by atoms with Crippen molar-refractivity contribution in [3.8, 4) is 12.1 Å². The van der Waals surface area contributed by atoms with Gasteiger partial charge in [-0.05, 0) is 19.3 Å². The second kappa shape index (κ2) is 8.53. The summed E-state index contributed by atoms with van der Waals surface area (Å²) in [5.74, 6) is 0.0538. The monoisotopic (exact) mass is 306 g/mol. The van der Waals surface area contributed by atoms with Crippen LogP contribution in [0.15, 0.2) is 0 Å². The Morgan fingerprint density at radius 3 is 2.38 bits per heavy atom. The third-order valence-corrected chi connectivity index (χ3v) is 3.34. The quantitative estimate of drug-likeness (QED) is 0.558. The van der Waals surface area contributed by atoms with Gasteiger partial charge in [-0.3, -0.25) is 0 Å². The number of alkyl halides is 2. The van der Waals surface area contributed by atoms with Gasteiger partial charge in [0.05, 0.1) is 18.1 Å². The molecular formula is C9H12Br2N2. The molecule has 0 aromatic heterocycles. The van der Waals surface area contributed by atoms with E-state index in [0.717, 1.165) is 24.6 Å². The average molecular weight is 308 g/mol. The van der Waals surface area contributed by atoms with E-state index in [4.69, 9.17) is 10.5 Å². The van der Waals surface area contributed by atoms with Crippen molar-refractivity contribution in [1.82, 2.24) is 0 Å². The molecule has 0 radical (unpaired) electrons. The van der Waals surface area contributed by atoms with Crippen molar-refractivity contribution in [2.75, 3.05) is 5.33 Å². The first-order valence-corrected chi connectivity index (χ1v) is 6.26. The number of hydrogen-bond donors (Lipinski definition) is 0. The highest BCUT2D eigenvalue weighted by Gasteiger charge is 2.16. The zero-order chi connectivity index (χ0) is 10.1. The lowest BCUT2D eigenvalue weighted by Gasteiger charge is -2.13. The van der Waals surface area contributed by atoms with Crippen molar-refractivity contribution >= 4 is 31.9 Å². The summed E-state index contributed by atoms with van der Waals surface area (Å²) in [6.07, 6.45) is 3.21. The van der Waals surface area contributed by atoms with E-state index in [1.807, 2.05) is 0 Å². The van der Waals surface area contributed by atoms with Gasteiger partial charge in [-0.1, -0.05) is 31.9 Å². The Labute approximate surface area is 96.2 Å². The van der Waals surface area contributed by atoms with Crippen molar-refractivity contribution in [2.45, 2.75) is 30.5 Å². The number of halogens is 2. The number of nitrogens with zero attached hydrogens (tertiary/aromatic N) is 2. The Kier molecular flexibility index (Phi) is 8.49. The zero-order valence-electron chi connectivity index (χ0n) is 7.34. The Morgan fingerprint density at radius 2 is 1.92 bits per heavy atom. The van der Waals surface area contributed by atoms with Gasteiger partial charge in [0, 0.05) is 16.6 Å². The molecule has 0 fully saturated rings. The molecule has 0 aliphatic heterocycles. The Morgan fingerprint density at radius 1 is 1.23 bits per heavy atom.